The van der Waals surface area contributed by atoms with Crippen molar-refractivity contribution < 1.29 is 4.74 Å². The van der Waals surface area contributed by atoms with E-state index in [0.29, 0.717) is 6.04 Å². The quantitative estimate of drug-likeness (QED) is 0.917. The van der Waals surface area contributed by atoms with E-state index in [1.165, 1.54) is 12.8 Å². The second-order valence-corrected chi connectivity index (χ2v) is 6.76. The molecule has 110 valence electrons. The fourth-order valence-electron chi connectivity index (χ4n) is 2.48. The maximum atomic E-state index is 5.22. The average Bonchev–Trinajstić information content (AvgIpc) is 2.86. The summed E-state index contributed by atoms with van der Waals surface area (Å²) in [7, 11) is 0. The van der Waals surface area contributed by atoms with E-state index in [1.54, 1.807) is 0 Å². The van der Waals surface area contributed by atoms with Gasteiger partial charge in [-0.15, -0.1) is 0 Å². The van der Waals surface area contributed by atoms with E-state index in [0.717, 1.165) is 43.8 Å². The van der Waals surface area contributed by atoms with Crippen LogP contribution in [0.3, 0.4) is 0 Å². The van der Waals surface area contributed by atoms with Crippen LogP contribution in [0.2, 0.25) is 0 Å². The highest BCUT2D eigenvalue weighted by Crippen LogP contribution is 2.26. The minimum atomic E-state index is 0.0317. The second-order valence-electron chi connectivity index (χ2n) is 6.76. The van der Waals surface area contributed by atoms with Crippen LogP contribution in [0.15, 0.2) is 6.07 Å². The molecule has 0 unspecified atom stereocenters. The first-order chi connectivity index (χ1) is 9.52. The van der Waals surface area contributed by atoms with Gasteiger partial charge in [0.15, 0.2) is 0 Å². The summed E-state index contributed by atoms with van der Waals surface area (Å²) in [6.45, 7) is 10.3. The van der Waals surface area contributed by atoms with Gasteiger partial charge in [0.1, 0.15) is 5.82 Å². The lowest BCUT2D eigenvalue weighted by Crippen LogP contribution is -2.40. The first-order valence-corrected chi connectivity index (χ1v) is 7.51. The molecule has 20 heavy (non-hydrogen) atoms. The molecule has 2 aliphatic rings. The topological polar surface area (TPSA) is 50.3 Å². The Kier molecular flexibility index (Phi) is 3.54. The van der Waals surface area contributed by atoms with E-state index in [2.05, 4.69) is 37.1 Å². The van der Waals surface area contributed by atoms with Crippen LogP contribution < -0.4 is 10.2 Å². The predicted octanol–water partition coefficient (Wildman–Crippen LogP) is 2.19. The van der Waals surface area contributed by atoms with Crippen molar-refractivity contribution in [3.8, 4) is 0 Å². The third-order valence-electron chi connectivity index (χ3n) is 3.86. The predicted molar refractivity (Wildman–Crippen MR) is 80.4 cm³/mol. The number of hydrogen-bond acceptors (Lipinski definition) is 5. The molecule has 0 aromatic carbocycles. The van der Waals surface area contributed by atoms with Gasteiger partial charge in [0.25, 0.3) is 0 Å². The van der Waals surface area contributed by atoms with Gasteiger partial charge in [-0.3, -0.25) is 0 Å². The molecule has 0 saturated carbocycles. The van der Waals surface area contributed by atoms with Crippen LogP contribution in [0.5, 0.6) is 0 Å². The molecule has 1 N–H and O–H groups in total. The molecule has 2 fully saturated rings. The van der Waals surface area contributed by atoms with Gasteiger partial charge in [0, 0.05) is 24.6 Å². The molecule has 0 radical (unpaired) electrons. The van der Waals surface area contributed by atoms with Crippen LogP contribution in [-0.2, 0) is 10.2 Å². The van der Waals surface area contributed by atoms with E-state index in [-0.39, 0.29) is 5.41 Å². The lowest BCUT2D eigenvalue weighted by Gasteiger charge is -2.29. The Bertz CT molecular complexity index is 473. The van der Waals surface area contributed by atoms with Crippen molar-refractivity contribution in [3.05, 3.63) is 11.8 Å². The monoisotopic (exact) mass is 276 g/mol. The van der Waals surface area contributed by atoms with Crippen molar-refractivity contribution in [2.24, 2.45) is 0 Å². The molecule has 5 heteroatoms. The molecular weight excluding hydrogens is 252 g/mol. The van der Waals surface area contributed by atoms with Gasteiger partial charge < -0.3 is 15.0 Å². The van der Waals surface area contributed by atoms with E-state index in [9.17, 15) is 0 Å². The summed E-state index contributed by atoms with van der Waals surface area (Å²) in [4.78, 5) is 11.8. The minimum absolute atomic E-state index is 0.0317. The summed E-state index contributed by atoms with van der Waals surface area (Å²) in [6.07, 6.45) is 2.48. The number of ether oxygens (including phenoxy) is 1. The molecule has 2 aliphatic heterocycles. The molecule has 0 aliphatic carbocycles. The zero-order chi connectivity index (χ0) is 14.2. The summed E-state index contributed by atoms with van der Waals surface area (Å²) < 4.78 is 5.22. The summed E-state index contributed by atoms with van der Waals surface area (Å²) in [5, 5.41) is 3.45. The van der Waals surface area contributed by atoms with Crippen LogP contribution in [0.1, 0.15) is 39.3 Å². The molecule has 1 aromatic rings. The normalized spacial score (nSPS) is 20.1. The fourth-order valence-corrected chi connectivity index (χ4v) is 2.48. The second kappa shape index (κ2) is 5.20. The van der Waals surface area contributed by atoms with E-state index >= 15 is 0 Å². The van der Waals surface area contributed by atoms with Gasteiger partial charge >= 0.3 is 0 Å². The SMILES string of the molecule is CC(C)(C)c1cc(NC2COC2)nc(N2CCCC2)n1. The lowest BCUT2D eigenvalue weighted by atomic mass is 9.92. The molecule has 0 spiro atoms. The third kappa shape index (κ3) is 2.87. The zero-order valence-electron chi connectivity index (χ0n) is 12.6. The Morgan fingerprint density at radius 3 is 2.45 bits per heavy atom. The molecule has 3 rings (SSSR count). The number of anilines is 2. The van der Waals surface area contributed by atoms with Crippen LogP contribution >= 0.6 is 0 Å². The number of nitrogens with one attached hydrogen (secondary N) is 1. The highest BCUT2D eigenvalue weighted by molar-refractivity contribution is 5.46. The highest BCUT2D eigenvalue weighted by atomic mass is 16.5. The van der Waals surface area contributed by atoms with Gasteiger partial charge in [-0.25, -0.2) is 4.98 Å². The molecule has 0 bridgehead atoms. The largest absolute Gasteiger partial charge is 0.377 e. The summed E-state index contributed by atoms with van der Waals surface area (Å²) >= 11 is 0. The Hall–Kier alpha value is -1.36. The molecule has 0 atom stereocenters. The lowest BCUT2D eigenvalue weighted by molar-refractivity contribution is 0.0209. The van der Waals surface area contributed by atoms with E-state index in [1.807, 2.05) is 0 Å². The van der Waals surface area contributed by atoms with Crippen LogP contribution in [0.4, 0.5) is 11.8 Å². The van der Waals surface area contributed by atoms with Gasteiger partial charge in [-0.2, -0.15) is 4.98 Å². The average molecular weight is 276 g/mol. The van der Waals surface area contributed by atoms with Gasteiger partial charge in [0.05, 0.1) is 24.9 Å². The standard InChI is InChI=1S/C15H24N4O/c1-15(2,3)12-8-13(16-11-9-20-10-11)18-14(17-12)19-6-4-5-7-19/h8,11H,4-7,9-10H2,1-3H3,(H,16,17,18). The summed E-state index contributed by atoms with van der Waals surface area (Å²) in [6, 6.07) is 2.47. The van der Waals surface area contributed by atoms with Crippen molar-refractivity contribution in [2.45, 2.75) is 45.1 Å². The van der Waals surface area contributed by atoms with Gasteiger partial charge in [0.2, 0.25) is 5.95 Å². The Labute approximate surface area is 120 Å². The molecule has 0 amide bonds. The molecule has 2 saturated heterocycles. The number of aromatic nitrogens is 2. The Morgan fingerprint density at radius 2 is 1.90 bits per heavy atom. The summed E-state index contributed by atoms with van der Waals surface area (Å²) in [5.74, 6) is 1.80. The molecule has 1 aromatic heterocycles. The van der Waals surface area contributed by atoms with Crippen molar-refractivity contribution >= 4 is 11.8 Å². The first-order valence-electron chi connectivity index (χ1n) is 7.51. The smallest absolute Gasteiger partial charge is 0.227 e. The van der Waals surface area contributed by atoms with Crippen LogP contribution in [-0.4, -0.2) is 42.3 Å². The maximum Gasteiger partial charge on any atom is 0.227 e. The fraction of sp³-hybridized carbons (Fsp3) is 0.733. The van der Waals surface area contributed by atoms with Gasteiger partial charge in [-0.1, -0.05) is 20.8 Å². The van der Waals surface area contributed by atoms with Crippen molar-refractivity contribution in [1.82, 2.24) is 9.97 Å². The van der Waals surface area contributed by atoms with Crippen molar-refractivity contribution in [3.63, 3.8) is 0 Å². The Balaban J connectivity index is 1.89. The number of hydrogen-bond donors (Lipinski definition) is 1. The highest BCUT2D eigenvalue weighted by Gasteiger charge is 2.24. The summed E-state index contributed by atoms with van der Waals surface area (Å²) in [5.41, 5.74) is 1.13. The van der Waals surface area contributed by atoms with E-state index in [4.69, 9.17) is 14.7 Å². The zero-order valence-corrected chi connectivity index (χ0v) is 12.6. The molecular formula is C15H24N4O. The van der Waals surface area contributed by atoms with Gasteiger partial charge in [-0.05, 0) is 12.8 Å². The number of rotatable bonds is 3. The third-order valence-corrected chi connectivity index (χ3v) is 3.86. The molecule has 3 heterocycles. The van der Waals surface area contributed by atoms with Crippen molar-refractivity contribution in [1.29, 1.82) is 0 Å². The van der Waals surface area contributed by atoms with Crippen LogP contribution in [0.25, 0.3) is 0 Å². The van der Waals surface area contributed by atoms with E-state index < -0.39 is 0 Å². The number of nitrogens with zero attached hydrogens (tertiary/aromatic N) is 3. The Morgan fingerprint density at radius 1 is 1.20 bits per heavy atom. The van der Waals surface area contributed by atoms with Crippen molar-refractivity contribution in [2.75, 3.05) is 36.5 Å². The molecule has 5 nitrogen and oxygen atoms in total. The maximum absolute atomic E-state index is 5.22. The first kappa shape index (κ1) is 13.6. The minimum Gasteiger partial charge on any atom is -0.377 e. The van der Waals surface area contributed by atoms with Crippen LogP contribution in [0, 0.1) is 0 Å².